The summed E-state index contributed by atoms with van der Waals surface area (Å²) < 4.78 is 5.32. The molecule has 1 fully saturated rings. The first-order chi connectivity index (χ1) is 16.9. The number of amides is 1. The summed E-state index contributed by atoms with van der Waals surface area (Å²) in [6, 6.07) is 11.9. The number of benzene rings is 1. The molecule has 0 saturated carbocycles. The summed E-state index contributed by atoms with van der Waals surface area (Å²) in [6.07, 6.45) is 3.84. The van der Waals surface area contributed by atoms with Crippen LogP contribution in [0.4, 0.5) is 10.7 Å². The fourth-order valence-corrected chi connectivity index (χ4v) is 4.08. The number of carbonyl (C=O) groups excluding carboxylic acids is 1. The fourth-order valence-electron chi connectivity index (χ4n) is 4.08. The molecule has 2 aliphatic heterocycles. The molecule has 3 heterocycles. The average molecular weight is 479 g/mol. The van der Waals surface area contributed by atoms with E-state index >= 15 is 0 Å². The first-order valence-electron chi connectivity index (χ1n) is 12.1. The van der Waals surface area contributed by atoms with Gasteiger partial charge < -0.3 is 25.2 Å². The van der Waals surface area contributed by atoms with Gasteiger partial charge in [-0.15, -0.1) is 5.10 Å². The number of nitrogens with zero attached hydrogens (tertiary/aromatic N) is 6. The maximum atomic E-state index is 12.0. The topological polar surface area (TPSA) is 107 Å². The Morgan fingerprint density at radius 3 is 2.34 bits per heavy atom. The summed E-state index contributed by atoms with van der Waals surface area (Å²) in [4.78, 5) is 25.2. The molecule has 2 aliphatic rings. The molecular weight excluding hydrogens is 444 g/mol. The lowest BCUT2D eigenvalue weighted by Crippen LogP contribution is -2.56. The van der Waals surface area contributed by atoms with Gasteiger partial charge in [0.15, 0.2) is 0 Å². The molecule has 0 radical (unpaired) electrons. The van der Waals surface area contributed by atoms with E-state index in [1.54, 1.807) is 12.4 Å². The van der Waals surface area contributed by atoms with E-state index in [1.807, 2.05) is 45.0 Å². The van der Waals surface area contributed by atoms with Crippen molar-refractivity contribution in [2.24, 2.45) is 10.2 Å². The third-order valence-electron chi connectivity index (χ3n) is 5.71. The van der Waals surface area contributed by atoms with E-state index in [2.05, 4.69) is 52.7 Å². The quantitative estimate of drug-likeness (QED) is 0.614. The third-order valence-corrected chi connectivity index (χ3v) is 5.71. The smallest absolute Gasteiger partial charge is 0.407 e. The lowest BCUT2D eigenvalue weighted by atomic mass is 10.00. The van der Waals surface area contributed by atoms with E-state index in [1.165, 1.54) is 0 Å². The van der Waals surface area contributed by atoms with Gasteiger partial charge in [-0.05, 0) is 32.4 Å². The molecule has 1 aromatic heterocycles. The summed E-state index contributed by atoms with van der Waals surface area (Å²) in [5.41, 5.74) is 1.50. The minimum atomic E-state index is -0.519. The summed E-state index contributed by atoms with van der Waals surface area (Å²) >= 11 is 0. The van der Waals surface area contributed by atoms with Crippen molar-refractivity contribution in [3.63, 3.8) is 0 Å². The molecule has 35 heavy (non-hydrogen) atoms. The van der Waals surface area contributed by atoms with Gasteiger partial charge in [-0.1, -0.05) is 30.3 Å². The number of rotatable bonds is 6. The number of aromatic nitrogens is 2. The van der Waals surface area contributed by atoms with E-state index in [4.69, 9.17) is 4.74 Å². The number of nitrogens with one attached hydrogen (secondary N) is 2. The van der Waals surface area contributed by atoms with Crippen molar-refractivity contribution in [1.29, 1.82) is 0 Å². The first-order valence-corrected chi connectivity index (χ1v) is 12.1. The van der Waals surface area contributed by atoms with Gasteiger partial charge in [-0.2, -0.15) is 5.10 Å². The number of ether oxygens (including phenoxy) is 1. The van der Waals surface area contributed by atoms with Crippen molar-refractivity contribution in [3.05, 3.63) is 54.4 Å². The van der Waals surface area contributed by atoms with Gasteiger partial charge in [0, 0.05) is 58.1 Å². The van der Waals surface area contributed by atoms with E-state index < -0.39 is 11.7 Å². The van der Waals surface area contributed by atoms with E-state index in [0.717, 1.165) is 55.7 Å². The van der Waals surface area contributed by atoms with Crippen LogP contribution in [-0.2, 0) is 4.74 Å². The van der Waals surface area contributed by atoms with Gasteiger partial charge in [-0.25, -0.2) is 14.8 Å². The van der Waals surface area contributed by atoms with Crippen molar-refractivity contribution < 1.29 is 9.53 Å². The molecule has 2 N–H and O–H groups in total. The second-order valence-corrected chi connectivity index (χ2v) is 9.53. The minimum Gasteiger partial charge on any atom is -0.444 e. The van der Waals surface area contributed by atoms with Gasteiger partial charge in [0.05, 0.1) is 11.8 Å². The Morgan fingerprint density at radius 1 is 0.971 bits per heavy atom. The van der Waals surface area contributed by atoms with Crippen LogP contribution in [0.3, 0.4) is 0 Å². The monoisotopic (exact) mass is 478 g/mol. The predicted molar refractivity (Wildman–Crippen MR) is 137 cm³/mol. The molecule has 10 nitrogen and oxygen atoms in total. The van der Waals surface area contributed by atoms with Crippen molar-refractivity contribution in [2.75, 3.05) is 44.2 Å². The zero-order valence-electron chi connectivity index (χ0n) is 20.6. The number of carbonyl (C=O) groups is 1. The molecular formula is C25H34N8O2. The van der Waals surface area contributed by atoms with Crippen LogP contribution in [0.2, 0.25) is 0 Å². The zero-order chi connectivity index (χ0) is 24.7. The number of piperazine rings is 1. The van der Waals surface area contributed by atoms with Gasteiger partial charge in [-0.3, -0.25) is 0 Å². The molecule has 0 bridgehead atoms. The average Bonchev–Trinajstić information content (AvgIpc) is 2.87. The van der Waals surface area contributed by atoms with Gasteiger partial charge in [0.1, 0.15) is 11.4 Å². The van der Waals surface area contributed by atoms with Crippen LogP contribution < -0.4 is 15.5 Å². The molecule has 186 valence electrons. The van der Waals surface area contributed by atoms with Crippen molar-refractivity contribution >= 4 is 23.6 Å². The molecule has 0 spiro atoms. The van der Waals surface area contributed by atoms with Crippen molar-refractivity contribution in [2.45, 2.75) is 38.8 Å². The van der Waals surface area contributed by atoms with E-state index in [0.29, 0.717) is 13.1 Å². The molecule has 10 heteroatoms. The summed E-state index contributed by atoms with van der Waals surface area (Å²) in [5.74, 6) is 1.68. The normalized spacial score (nSPS) is 18.5. The fraction of sp³-hybridized carbons (Fsp3) is 0.480. The third kappa shape index (κ3) is 6.98. The predicted octanol–water partition coefficient (Wildman–Crippen LogP) is 2.29. The van der Waals surface area contributed by atoms with Crippen LogP contribution in [0.25, 0.3) is 0 Å². The highest BCUT2D eigenvalue weighted by Gasteiger charge is 2.30. The Kier molecular flexibility index (Phi) is 7.91. The van der Waals surface area contributed by atoms with Crippen LogP contribution in [0.5, 0.6) is 0 Å². The molecule has 1 amide bonds. The van der Waals surface area contributed by atoms with Crippen LogP contribution in [-0.4, -0.2) is 83.4 Å². The van der Waals surface area contributed by atoms with Gasteiger partial charge in [0.2, 0.25) is 5.95 Å². The van der Waals surface area contributed by atoms with Crippen molar-refractivity contribution in [1.82, 2.24) is 25.5 Å². The highest BCUT2D eigenvalue weighted by Crippen LogP contribution is 2.18. The Hall–Kier alpha value is -3.53. The molecule has 1 aromatic carbocycles. The molecule has 2 aromatic rings. The number of amidine groups is 1. The van der Waals surface area contributed by atoms with E-state index in [9.17, 15) is 4.79 Å². The molecule has 1 saturated heterocycles. The van der Waals surface area contributed by atoms with Crippen LogP contribution in [0, 0.1) is 0 Å². The maximum Gasteiger partial charge on any atom is 0.407 e. The molecule has 1 unspecified atom stereocenters. The number of hydrogen-bond acceptors (Lipinski definition) is 9. The Labute approximate surface area is 206 Å². The SMILES string of the molecule is CC(C)(C)OC(=O)NCCNC1CC(c2ccccc2)=NN=C1N1CCN(c2ncccn2)CC1. The highest BCUT2D eigenvalue weighted by atomic mass is 16.6. The second-order valence-electron chi connectivity index (χ2n) is 9.53. The zero-order valence-corrected chi connectivity index (χ0v) is 20.6. The Bertz CT molecular complexity index is 1030. The second kappa shape index (κ2) is 11.3. The molecule has 4 rings (SSSR count). The summed E-state index contributed by atoms with van der Waals surface area (Å²) in [5, 5.41) is 15.6. The van der Waals surface area contributed by atoms with E-state index in [-0.39, 0.29) is 6.04 Å². The maximum absolute atomic E-state index is 12.0. The Morgan fingerprint density at radius 2 is 1.66 bits per heavy atom. The summed E-state index contributed by atoms with van der Waals surface area (Å²) in [6.45, 7) is 9.83. The first kappa shape index (κ1) is 24.6. The van der Waals surface area contributed by atoms with Crippen molar-refractivity contribution in [3.8, 4) is 0 Å². The van der Waals surface area contributed by atoms with Crippen LogP contribution >= 0.6 is 0 Å². The molecule has 1 atom stereocenters. The standard InChI is InChI=1S/C25H34N8O2/c1-25(2,3)35-24(34)29-13-12-26-21-18-20(19-8-5-4-6-9-19)30-31-22(21)32-14-16-33(17-15-32)23-27-10-7-11-28-23/h4-11,21,26H,12-18H2,1-3H3,(H,29,34). The number of anilines is 1. The largest absolute Gasteiger partial charge is 0.444 e. The number of hydrogen-bond donors (Lipinski definition) is 2. The summed E-state index contributed by atoms with van der Waals surface area (Å²) in [7, 11) is 0. The number of alkyl carbamates (subject to hydrolysis) is 1. The van der Waals surface area contributed by atoms with Crippen LogP contribution in [0.15, 0.2) is 59.0 Å². The highest BCUT2D eigenvalue weighted by molar-refractivity contribution is 6.06. The lowest BCUT2D eigenvalue weighted by Gasteiger charge is -2.39. The van der Waals surface area contributed by atoms with Crippen LogP contribution in [0.1, 0.15) is 32.8 Å². The Balaban J connectivity index is 1.39. The van der Waals surface area contributed by atoms with Gasteiger partial charge >= 0.3 is 6.09 Å². The molecule has 0 aliphatic carbocycles. The lowest BCUT2D eigenvalue weighted by molar-refractivity contribution is 0.0528. The minimum absolute atomic E-state index is 0.0114. The van der Waals surface area contributed by atoms with Gasteiger partial charge in [0.25, 0.3) is 0 Å².